The highest BCUT2D eigenvalue weighted by Gasteiger charge is 2.33. The van der Waals surface area contributed by atoms with E-state index in [1.165, 1.54) is 0 Å². The second-order valence-electron chi connectivity index (χ2n) is 2.43. The summed E-state index contributed by atoms with van der Waals surface area (Å²) < 4.78 is 52.8. The van der Waals surface area contributed by atoms with Gasteiger partial charge in [-0.25, -0.2) is 4.98 Å². The fraction of sp³-hybridized carbons (Fsp3) is 0.167. The molecule has 4 nitrogen and oxygen atoms in total. The van der Waals surface area contributed by atoms with Crippen molar-refractivity contribution in [3.8, 4) is 5.75 Å². The smallest absolute Gasteiger partial charge is 0.508 e. The minimum Gasteiger partial charge on any atom is -0.508 e. The molecule has 15 heavy (non-hydrogen) atoms. The van der Waals surface area contributed by atoms with Crippen LogP contribution in [0.5, 0.6) is 5.75 Å². The van der Waals surface area contributed by atoms with Gasteiger partial charge in [-0.15, -0.1) is 0 Å². The Balaban J connectivity index is 2.98. The van der Waals surface area contributed by atoms with Crippen LogP contribution in [0.15, 0.2) is 12.1 Å². The molecule has 9 heteroatoms. The average molecular weight is 225 g/mol. The van der Waals surface area contributed by atoms with E-state index in [2.05, 4.69) is 9.64 Å². The minimum absolute atomic E-state index is 0.459. The van der Waals surface area contributed by atoms with E-state index < -0.39 is 30.9 Å². The Kier molecular flexibility index (Phi) is 3.15. The van der Waals surface area contributed by atoms with E-state index in [1.807, 2.05) is 0 Å². The van der Waals surface area contributed by atoms with E-state index in [0.29, 0.717) is 12.1 Å². The van der Waals surface area contributed by atoms with Crippen LogP contribution in [0.1, 0.15) is 5.69 Å². The van der Waals surface area contributed by atoms with Crippen molar-refractivity contribution in [1.29, 1.82) is 0 Å². The van der Waals surface area contributed by atoms with Gasteiger partial charge in [-0.05, 0) is 12.1 Å². The van der Waals surface area contributed by atoms with Crippen molar-refractivity contribution >= 4 is 7.32 Å². The van der Waals surface area contributed by atoms with Gasteiger partial charge in [0.25, 0.3) is 5.95 Å². The molecule has 0 aliphatic heterocycles. The number of hydrogen-bond donors (Lipinski definition) is 2. The van der Waals surface area contributed by atoms with Crippen molar-refractivity contribution in [2.45, 2.75) is 6.18 Å². The fourth-order valence-corrected chi connectivity index (χ4v) is 0.781. The summed E-state index contributed by atoms with van der Waals surface area (Å²) in [4.78, 5) is 2.56. The van der Waals surface area contributed by atoms with Gasteiger partial charge in [0.05, 0.1) is 0 Å². The monoisotopic (exact) mass is 225 g/mol. The molecule has 0 spiro atoms. The van der Waals surface area contributed by atoms with Crippen molar-refractivity contribution in [2.24, 2.45) is 0 Å². The molecule has 1 rings (SSSR count). The molecule has 0 saturated carbocycles. The molecule has 0 unspecified atom stereocenters. The first kappa shape index (κ1) is 11.7. The number of hydrogen-bond acceptors (Lipinski definition) is 4. The van der Waals surface area contributed by atoms with Crippen molar-refractivity contribution in [3.05, 3.63) is 23.8 Å². The molecule has 1 aromatic heterocycles. The summed E-state index contributed by atoms with van der Waals surface area (Å²) in [6.07, 6.45) is -4.77. The number of halogens is 4. The van der Waals surface area contributed by atoms with Crippen LogP contribution >= 0.6 is 0 Å². The lowest BCUT2D eigenvalue weighted by molar-refractivity contribution is -0.141. The molecule has 0 fully saturated rings. The van der Waals surface area contributed by atoms with Crippen LogP contribution in [0, 0.1) is 5.95 Å². The molecule has 82 valence electrons. The molecule has 0 bridgehead atoms. The average Bonchev–Trinajstić information content (AvgIpc) is 2.05. The first-order chi connectivity index (χ1) is 6.80. The second kappa shape index (κ2) is 4.03. The third kappa shape index (κ3) is 3.06. The third-order valence-electron chi connectivity index (χ3n) is 1.34. The SMILES string of the molecule is OB(O)Oc1ccc(C(F)(F)F)nc1F. The molecule has 0 saturated heterocycles. The summed E-state index contributed by atoms with van der Waals surface area (Å²) in [5.41, 5.74) is -1.43. The summed E-state index contributed by atoms with van der Waals surface area (Å²) in [7, 11) is -2.32. The molecule has 0 aliphatic carbocycles. The largest absolute Gasteiger partial charge is 0.707 e. The fourth-order valence-electron chi connectivity index (χ4n) is 0.781. The maximum Gasteiger partial charge on any atom is 0.707 e. The number of aromatic nitrogens is 1. The van der Waals surface area contributed by atoms with Gasteiger partial charge >= 0.3 is 13.5 Å². The summed E-state index contributed by atoms with van der Waals surface area (Å²) in [6, 6.07) is 1.06. The molecule has 0 atom stereocenters. The van der Waals surface area contributed by atoms with E-state index in [4.69, 9.17) is 10.0 Å². The number of alkyl halides is 3. The van der Waals surface area contributed by atoms with E-state index in [0.717, 1.165) is 0 Å². The molecular weight excluding hydrogens is 221 g/mol. The summed E-state index contributed by atoms with van der Waals surface area (Å²) >= 11 is 0. The quantitative estimate of drug-likeness (QED) is 0.439. The van der Waals surface area contributed by atoms with Gasteiger partial charge in [-0.3, -0.25) is 0 Å². The van der Waals surface area contributed by atoms with Crippen molar-refractivity contribution < 1.29 is 32.3 Å². The molecule has 1 aromatic rings. The van der Waals surface area contributed by atoms with Gasteiger partial charge in [0.2, 0.25) is 0 Å². The lowest BCUT2D eigenvalue weighted by atomic mass is 10.2. The van der Waals surface area contributed by atoms with Crippen molar-refractivity contribution in [2.75, 3.05) is 0 Å². The molecule has 0 radical (unpaired) electrons. The van der Waals surface area contributed by atoms with Crippen molar-refractivity contribution in [1.82, 2.24) is 4.98 Å². The molecule has 1 heterocycles. The van der Waals surface area contributed by atoms with E-state index in [1.54, 1.807) is 0 Å². The molecule has 0 aromatic carbocycles. The highest BCUT2D eigenvalue weighted by molar-refractivity contribution is 6.33. The normalized spacial score (nSPS) is 11.3. The number of pyridine rings is 1. The Labute approximate surface area is 81.3 Å². The van der Waals surface area contributed by atoms with Crippen molar-refractivity contribution in [3.63, 3.8) is 0 Å². The van der Waals surface area contributed by atoms with Gasteiger partial charge in [0.1, 0.15) is 5.69 Å². The van der Waals surface area contributed by atoms with Crippen LogP contribution in [0.25, 0.3) is 0 Å². The standard InChI is InChI=1S/C6H4BF4NO3/c8-5-3(15-7(13)14)1-2-4(12-5)6(9,10)11/h1-2,13-14H. The molecule has 2 N–H and O–H groups in total. The predicted molar refractivity (Wildman–Crippen MR) is 40.0 cm³/mol. The molecule has 0 amide bonds. The summed E-state index contributed by atoms with van der Waals surface area (Å²) in [5, 5.41) is 16.6. The van der Waals surface area contributed by atoms with Crippen LogP contribution in [0.2, 0.25) is 0 Å². The Hall–Kier alpha value is -1.35. The van der Waals surface area contributed by atoms with Gasteiger partial charge in [0, 0.05) is 0 Å². The summed E-state index contributed by atoms with van der Waals surface area (Å²) in [5.74, 6) is -2.35. The lowest BCUT2D eigenvalue weighted by Gasteiger charge is -2.08. The molecule has 0 aliphatic rings. The van der Waals surface area contributed by atoms with Gasteiger partial charge < -0.3 is 14.7 Å². The zero-order valence-electron chi connectivity index (χ0n) is 6.99. The Morgan fingerprint density at radius 1 is 1.27 bits per heavy atom. The van der Waals surface area contributed by atoms with Gasteiger partial charge in [0.15, 0.2) is 5.75 Å². The highest BCUT2D eigenvalue weighted by atomic mass is 19.4. The number of rotatable bonds is 2. The summed E-state index contributed by atoms with van der Waals surface area (Å²) in [6.45, 7) is 0. The molecular formula is C6H4BF4NO3. The first-order valence-corrected chi connectivity index (χ1v) is 3.57. The van der Waals surface area contributed by atoms with Crippen LogP contribution in [0.3, 0.4) is 0 Å². The van der Waals surface area contributed by atoms with Crippen LogP contribution in [-0.4, -0.2) is 22.4 Å². The number of nitrogens with zero attached hydrogens (tertiary/aromatic N) is 1. The van der Waals surface area contributed by atoms with E-state index in [9.17, 15) is 17.6 Å². The Bertz CT molecular complexity index is 357. The minimum atomic E-state index is -4.77. The first-order valence-electron chi connectivity index (χ1n) is 3.57. The zero-order chi connectivity index (χ0) is 11.6. The Morgan fingerprint density at radius 3 is 2.27 bits per heavy atom. The predicted octanol–water partition coefficient (Wildman–Crippen LogP) is 0.588. The van der Waals surface area contributed by atoms with E-state index in [-0.39, 0.29) is 0 Å². The topological polar surface area (TPSA) is 62.6 Å². The van der Waals surface area contributed by atoms with Crippen LogP contribution in [-0.2, 0) is 6.18 Å². The second-order valence-corrected chi connectivity index (χ2v) is 2.43. The Morgan fingerprint density at radius 2 is 1.87 bits per heavy atom. The van der Waals surface area contributed by atoms with E-state index >= 15 is 0 Å². The maximum atomic E-state index is 12.8. The van der Waals surface area contributed by atoms with Crippen LogP contribution in [0.4, 0.5) is 17.6 Å². The zero-order valence-corrected chi connectivity index (χ0v) is 6.99. The third-order valence-corrected chi connectivity index (χ3v) is 1.34. The van der Waals surface area contributed by atoms with Gasteiger partial charge in [-0.1, -0.05) is 0 Å². The van der Waals surface area contributed by atoms with Crippen LogP contribution < -0.4 is 4.65 Å². The lowest BCUT2D eigenvalue weighted by Crippen LogP contribution is -2.22. The highest BCUT2D eigenvalue weighted by Crippen LogP contribution is 2.29. The van der Waals surface area contributed by atoms with Gasteiger partial charge in [-0.2, -0.15) is 17.6 Å². The maximum absolute atomic E-state index is 12.8.